The number of alkyl halides is 3. The van der Waals surface area contributed by atoms with Crippen LogP contribution in [0.5, 0.6) is 11.5 Å². The molecule has 180 valence electrons. The molecule has 3 amide bonds. The lowest BCUT2D eigenvalue weighted by atomic mass is 10.2. The minimum atomic E-state index is -4.69. The number of nitrogens with zero attached hydrogens (tertiary/aromatic N) is 1. The highest BCUT2D eigenvalue weighted by Crippen LogP contribution is 2.32. The number of ether oxygens (including phenoxy) is 1. The van der Waals surface area contributed by atoms with Crippen molar-refractivity contribution in [3.05, 3.63) is 72.0 Å². The van der Waals surface area contributed by atoms with Gasteiger partial charge >= 0.3 is 24.3 Å². The molecular formula is C22H14F4N4O5. The fraction of sp³-hybridized carbons (Fsp3) is 0.0455. The van der Waals surface area contributed by atoms with E-state index in [-0.39, 0.29) is 17.3 Å². The number of fused-ring (bicyclic) bond motifs is 1. The SMILES string of the molecule is O=C(O)Nc1nc2ccc(Oc3ccc(NC(=O)Nc4cc(C(F)(F)F)ccc4F)cc3)cc2o1. The molecule has 9 nitrogen and oxygen atoms in total. The summed E-state index contributed by atoms with van der Waals surface area (Å²) in [7, 11) is 0. The predicted octanol–water partition coefficient (Wildman–Crippen LogP) is 6.51. The van der Waals surface area contributed by atoms with Crippen LogP contribution in [0.4, 0.5) is 44.5 Å². The smallest absolute Gasteiger partial charge is 0.416 e. The molecule has 3 aromatic carbocycles. The van der Waals surface area contributed by atoms with Crippen molar-refractivity contribution in [2.24, 2.45) is 0 Å². The average molecular weight is 490 g/mol. The summed E-state index contributed by atoms with van der Waals surface area (Å²) in [6, 6.07) is 11.1. The first-order chi connectivity index (χ1) is 16.6. The molecule has 0 unspecified atom stereocenters. The fourth-order valence-corrected chi connectivity index (χ4v) is 2.94. The number of carbonyl (C=O) groups is 2. The molecule has 0 bridgehead atoms. The molecule has 0 atom stereocenters. The highest BCUT2D eigenvalue weighted by atomic mass is 19.4. The molecule has 0 fully saturated rings. The molecule has 0 spiro atoms. The number of rotatable bonds is 5. The van der Waals surface area contributed by atoms with Gasteiger partial charge in [-0.2, -0.15) is 18.2 Å². The number of halogens is 4. The molecule has 1 aromatic heterocycles. The minimum Gasteiger partial charge on any atom is -0.465 e. The van der Waals surface area contributed by atoms with Gasteiger partial charge in [0.05, 0.1) is 11.3 Å². The first-order valence-electron chi connectivity index (χ1n) is 9.70. The van der Waals surface area contributed by atoms with Crippen LogP contribution in [0.1, 0.15) is 5.56 Å². The molecule has 0 aliphatic carbocycles. The van der Waals surface area contributed by atoms with Gasteiger partial charge in [0.2, 0.25) is 0 Å². The largest absolute Gasteiger partial charge is 0.465 e. The van der Waals surface area contributed by atoms with Crippen LogP contribution < -0.4 is 20.7 Å². The number of oxazole rings is 1. The molecule has 0 radical (unpaired) electrons. The van der Waals surface area contributed by atoms with Crippen LogP contribution in [0.3, 0.4) is 0 Å². The number of anilines is 3. The van der Waals surface area contributed by atoms with Crippen molar-refractivity contribution in [3.8, 4) is 11.5 Å². The Kier molecular flexibility index (Phi) is 6.14. The maximum absolute atomic E-state index is 13.8. The Morgan fingerprint density at radius 1 is 0.914 bits per heavy atom. The third-order valence-corrected chi connectivity index (χ3v) is 4.46. The van der Waals surface area contributed by atoms with Crippen LogP contribution >= 0.6 is 0 Å². The Balaban J connectivity index is 1.39. The third kappa shape index (κ3) is 5.76. The number of carboxylic acid groups (broad SMARTS) is 1. The van der Waals surface area contributed by atoms with E-state index in [0.29, 0.717) is 35.2 Å². The van der Waals surface area contributed by atoms with Gasteiger partial charge in [-0.3, -0.25) is 0 Å². The van der Waals surface area contributed by atoms with Crippen LogP contribution in [0.15, 0.2) is 65.1 Å². The van der Waals surface area contributed by atoms with Gasteiger partial charge in [0.25, 0.3) is 0 Å². The van der Waals surface area contributed by atoms with E-state index >= 15 is 0 Å². The molecule has 4 aromatic rings. The first-order valence-corrected chi connectivity index (χ1v) is 9.70. The summed E-state index contributed by atoms with van der Waals surface area (Å²) in [5.41, 5.74) is -0.778. The highest BCUT2D eigenvalue weighted by molar-refractivity contribution is 5.99. The Hall–Kier alpha value is -4.81. The summed E-state index contributed by atoms with van der Waals surface area (Å²) in [5, 5.41) is 15.1. The Bertz CT molecular complexity index is 1400. The van der Waals surface area contributed by atoms with E-state index in [9.17, 15) is 27.2 Å². The van der Waals surface area contributed by atoms with Gasteiger partial charge in [-0.05, 0) is 54.6 Å². The van der Waals surface area contributed by atoms with E-state index in [0.717, 1.165) is 0 Å². The maximum Gasteiger partial charge on any atom is 0.416 e. The molecule has 4 rings (SSSR count). The van der Waals surface area contributed by atoms with Crippen LogP contribution in [-0.2, 0) is 6.18 Å². The molecular weight excluding hydrogens is 476 g/mol. The van der Waals surface area contributed by atoms with Crippen molar-refractivity contribution in [2.75, 3.05) is 16.0 Å². The Labute approximate surface area is 193 Å². The van der Waals surface area contributed by atoms with Crippen molar-refractivity contribution < 1.29 is 41.4 Å². The van der Waals surface area contributed by atoms with Crippen LogP contribution in [0.25, 0.3) is 11.1 Å². The second kappa shape index (κ2) is 9.21. The Morgan fingerprint density at radius 2 is 1.63 bits per heavy atom. The summed E-state index contributed by atoms with van der Waals surface area (Å²) in [6.07, 6.45) is -6.01. The number of nitrogens with one attached hydrogen (secondary N) is 3. The minimum absolute atomic E-state index is 0.191. The number of hydrogen-bond acceptors (Lipinski definition) is 5. The van der Waals surface area contributed by atoms with Gasteiger partial charge < -0.3 is 24.9 Å². The third-order valence-electron chi connectivity index (χ3n) is 4.46. The second-order valence-corrected chi connectivity index (χ2v) is 6.98. The first kappa shape index (κ1) is 23.4. The number of aromatic nitrogens is 1. The summed E-state index contributed by atoms with van der Waals surface area (Å²) < 4.78 is 63.2. The number of carbonyl (C=O) groups excluding carboxylic acids is 1. The number of urea groups is 1. The van der Waals surface area contributed by atoms with E-state index in [1.54, 1.807) is 12.1 Å². The van der Waals surface area contributed by atoms with Gasteiger partial charge in [0.15, 0.2) is 5.58 Å². The zero-order valence-electron chi connectivity index (χ0n) is 17.3. The fourth-order valence-electron chi connectivity index (χ4n) is 2.94. The van der Waals surface area contributed by atoms with E-state index in [4.69, 9.17) is 14.3 Å². The van der Waals surface area contributed by atoms with Gasteiger partial charge in [-0.15, -0.1) is 0 Å². The van der Waals surface area contributed by atoms with Gasteiger partial charge in [-0.25, -0.2) is 19.3 Å². The zero-order chi connectivity index (χ0) is 25.2. The lowest BCUT2D eigenvalue weighted by Crippen LogP contribution is -2.20. The van der Waals surface area contributed by atoms with Crippen molar-refractivity contribution in [3.63, 3.8) is 0 Å². The summed E-state index contributed by atoms with van der Waals surface area (Å²) in [5.74, 6) is -0.303. The van der Waals surface area contributed by atoms with Gasteiger partial charge in [-0.1, -0.05) is 0 Å². The van der Waals surface area contributed by atoms with Gasteiger partial charge in [0.1, 0.15) is 22.8 Å². The predicted molar refractivity (Wildman–Crippen MR) is 116 cm³/mol. The average Bonchev–Trinajstić information content (AvgIpc) is 3.16. The van der Waals surface area contributed by atoms with E-state index < -0.39 is 35.4 Å². The summed E-state index contributed by atoms with van der Waals surface area (Å²) in [6.45, 7) is 0. The molecule has 1 heterocycles. The highest BCUT2D eigenvalue weighted by Gasteiger charge is 2.31. The van der Waals surface area contributed by atoms with E-state index in [2.05, 4.69) is 10.3 Å². The van der Waals surface area contributed by atoms with Crippen molar-refractivity contribution in [1.29, 1.82) is 0 Å². The number of hydrogen-bond donors (Lipinski definition) is 4. The molecule has 0 aliphatic heterocycles. The maximum atomic E-state index is 13.8. The van der Waals surface area contributed by atoms with Crippen LogP contribution in [-0.4, -0.2) is 22.2 Å². The Morgan fingerprint density at radius 3 is 2.31 bits per heavy atom. The monoisotopic (exact) mass is 490 g/mol. The van der Waals surface area contributed by atoms with Crippen molar-refractivity contribution >= 4 is 40.6 Å². The zero-order valence-corrected chi connectivity index (χ0v) is 17.3. The standard InChI is InChI=1S/C22H14F4N4O5/c23-15-7-1-11(22(24,25)26)9-17(15)28-19(31)27-12-2-4-13(5-3-12)34-14-6-8-16-18(10-14)35-20(29-16)30-21(32)33/h1-10H,(H,29,30)(H,32,33)(H2,27,28,31). The molecule has 0 aliphatic rings. The van der Waals surface area contributed by atoms with E-state index in [1.165, 1.54) is 30.3 Å². The van der Waals surface area contributed by atoms with Crippen LogP contribution in [0.2, 0.25) is 0 Å². The lowest BCUT2D eigenvalue weighted by Gasteiger charge is -2.12. The topological polar surface area (TPSA) is 126 Å². The second-order valence-electron chi connectivity index (χ2n) is 6.98. The molecule has 4 N–H and O–H groups in total. The summed E-state index contributed by atoms with van der Waals surface area (Å²) in [4.78, 5) is 26.7. The van der Waals surface area contributed by atoms with Crippen molar-refractivity contribution in [2.45, 2.75) is 6.18 Å². The number of amides is 3. The van der Waals surface area contributed by atoms with E-state index in [1.807, 2.05) is 10.6 Å². The van der Waals surface area contributed by atoms with Crippen LogP contribution in [0, 0.1) is 5.82 Å². The molecule has 13 heteroatoms. The lowest BCUT2D eigenvalue weighted by molar-refractivity contribution is -0.137. The molecule has 35 heavy (non-hydrogen) atoms. The normalized spacial score (nSPS) is 11.2. The molecule has 0 saturated carbocycles. The quantitative estimate of drug-likeness (QED) is 0.236. The van der Waals surface area contributed by atoms with Gasteiger partial charge in [0, 0.05) is 11.8 Å². The summed E-state index contributed by atoms with van der Waals surface area (Å²) >= 11 is 0. The number of benzene rings is 3. The molecule has 0 saturated heterocycles. The van der Waals surface area contributed by atoms with Crippen molar-refractivity contribution in [1.82, 2.24) is 4.98 Å².